The van der Waals surface area contributed by atoms with E-state index < -0.39 is 0 Å². The Bertz CT molecular complexity index is 789. The lowest BCUT2D eigenvalue weighted by Crippen LogP contribution is -2.36. The number of urea groups is 1. The SMILES string of the molecule is CC(=NNC(=O)NCCc1cccs1)c1ccc(N2CCOCC2)c(F)c1. The van der Waals surface area contributed by atoms with Gasteiger partial charge in [0.25, 0.3) is 0 Å². The van der Waals surface area contributed by atoms with Gasteiger partial charge >= 0.3 is 6.03 Å². The molecule has 0 saturated carbocycles. The molecule has 144 valence electrons. The number of rotatable bonds is 6. The van der Waals surface area contributed by atoms with Crippen LogP contribution >= 0.6 is 11.3 Å². The van der Waals surface area contributed by atoms with Gasteiger partial charge in [-0.3, -0.25) is 0 Å². The number of benzene rings is 1. The number of nitrogens with one attached hydrogen (secondary N) is 2. The van der Waals surface area contributed by atoms with E-state index in [9.17, 15) is 9.18 Å². The predicted molar refractivity (Wildman–Crippen MR) is 106 cm³/mol. The van der Waals surface area contributed by atoms with E-state index in [0.717, 1.165) is 6.42 Å². The van der Waals surface area contributed by atoms with Gasteiger partial charge in [0.1, 0.15) is 5.82 Å². The Hall–Kier alpha value is -2.45. The molecule has 27 heavy (non-hydrogen) atoms. The van der Waals surface area contributed by atoms with Crippen molar-refractivity contribution in [1.82, 2.24) is 10.7 Å². The van der Waals surface area contributed by atoms with Crippen LogP contribution in [0, 0.1) is 5.82 Å². The number of nitrogens with zero attached hydrogens (tertiary/aromatic N) is 2. The van der Waals surface area contributed by atoms with Crippen LogP contribution in [0.15, 0.2) is 40.8 Å². The maximum atomic E-state index is 14.5. The average molecular weight is 390 g/mol. The van der Waals surface area contributed by atoms with E-state index in [0.29, 0.717) is 49.8 Å². The third kappa shape index (κ3) is 5.51. The van der Waals surface area contributed by atoms with Crippen LogP contribution in [0.4, 0.5) is 14.9 Å². The lowest BCUT2D eigenvalue weighted by molar-refractivity contribution is 0.122. The second-order valence-electron chi connectivity index (χ2n) is 6.16. The number of carbonyl (C=O) groups is 1. The van der Waals surface area contributed by atoms with Crippen molar-refractivity contribution < 1.29 is 13.9 Å². The summed E-state index contributed by atoms with van der Waals surface area (Å²) in [6.07, 6.45) is 0.780. The monoisotopic (exact) mass is 390 g/mol. The molecular formula is C19H23FN4O2S. The zero-order valence-electron chi connectivity index (χ0n) is 15.2. The number of morpholine rings is 1. The third-order valence-electron chi connectivity index (χ3n) is 4.28. The van der Waals surface area contributed by atoms with Gasteiger partial charge in [0, 0.05) is 30.1 Å². The highest BCUT2D eigenvalue weighted by molar-refractivity contribution is 7.09. The lowest BCUT2D eigenvalue weighted by Gasteiger charge is -2.29. The molecule has 0 aliphatic carbocycles. The van der Waals surface area contributed by atoms with Crippen molar-refractivity contribution in [3.8, 4) is 0 Å². The number of thiophene rings is 1. The number of halogens is 1. The molecule has 1 aliphatic heterocycles. The Labute approximate surface area is 162 Å². The van der Waals surface area contributed by atoms with Crippen LogP contribution in [0.3, 0.4) is 0 Å². The normalized spacial score (nSPS) is 14.9. The zero-order chi connectivity index (χ0) is 19.1. The minimum absolute atomic E-state index is 0.302. The highest BCUT2D eigenvalue weighted by Gasteiger charge is 2.15. The van der Waals surface area contributed by atoms with Crippen LogP contribution in [0.5, 0.6) is 0 Å². The van der Waals surface area contributed by atoms with E-state index in [-0.39, 0.29) is 11.8 Å². The van der Waals surface area contributed by atoms with Crippen LogP contribution in [0.25, 0.3) is 0 Å². The number of anilines is 1. The highest BCUT2D eigenvalue weighted by Crippen LogP contribution is 2.22. The molecule has 1 saturated heterocycles. The number of hydrogen-bond acceptors (Lipinski definition) is 5. The second kappa shape index (κ2) is 9.48. The Morgan fingerprint density at radius 2 is 2.15 bits per heavy atom. The van der Waals surface area contributed by atoms with Gasteiger partial charge in [-0.2, -0.15) is 5.10 Å². The van der Waals surface area contributed by atoms with E-state index in [1.165, 1.54) is 10.9 Å². The molecule has 2 N–H and O–H groups in total. The van der Waals surface area contributed by atoms with E-state index >= 15 is 0 Å². The first-order chi connectivity index (χ1) is 13.1. The van der Waals surface area contributed by atoms with Gasteiger partial charge < -0.3 is 15.0 Å². The van der Waals surface area contributed by atoms with Crippen molar-refractivity contribution in [2.45, 2.75) is 13.3 Å². The molecule has 1 fully saturated rings. The fourth-order valence-corrected chi connectivity index (χ4v) is 3.49. The maximum Gasteiger partial charge on any atom is 0.335 e. The fraction of sp³-hybridized carbons (Fsp3) is 0.368. The van der Waals surface area contributed by atoms with Gasteiger partial charge in [0.05, 0.1) is 24.6 Å². The highest BCUT2D eigenvalue weighted by atomic mass is 32.1. The topological polar surface area (TPSA) is 66.0 Å². The number of hydrogen-bond donors (Lipinski definition) is 2. The number of ether oxygens (including phenoxy) is 1. The van der Waals surface area contributed by atoms with Crippen LogP contribution in [-0.2, 0) is 11.2 Å². The average Bonchev–Trinajstić information content (AvgIpc) is 3.20. The number of hydrazone groups is 1. The van der Waals surface area contributed by atoms with Crippen LogP contribution < -0.4 is 15.6 Å². The summed E-state index contributed by atoms with van der Waals surface area (Å²) in [4.78, 5) is 15.0. The minimum Gasteiger partial charge on any atom is -0.378 e. The summed E-state index contributed by atoms with van der Waals surface area (Å²) in [6.45, 7) is 4.83. The predicted octanol–water partition coefficient (Wildman–Crippen LogP) is 2.99. The minimum atomic E-state index is -0.378. The molecule has 2 heterocycles. The molecule has 0 radical (unpaired) electrons. The number of carbonyl (C=O) groups excluding carboxylic acids is 1. The fourth-order valence-electron chi connectivity index (χ4n) is 2.79. The van der Waals surface area contributed by atoms with Gasteiger partial charge in [0.2, 0.25) is 0 Å². The summed E-state index contributed by atoms with van der Waals surface area (Å²) in [5.41, 5.74) is 4.18. The first-order valence-electron chi connectivity index (χ1n) is 8.86. The van der Waals surface area contributed by atoms with Crippen molar-refractivity contribution in [3.63, 3.8) is 0 Å². The third-order valence-corrected chi connectivity index (χ3v) is 5.22. The van der Waals surface area contributed by atoms with Crippen LogP contribution in [0.2, 0.25) is 0 Å². The Morgan fingerprint density at radius 1 is 1.33 bits per heavy atom. The molecule has 1 aliphatic rings. The molecule has 2 amide bonds. The Kier molecular flexibility index (Phi) is 6.78. The van der Waals surface area contributed by atoms with Crippen molar-refractivity contribution in [2.24, 2.45) is 5.10 Å². The first-order valence-corrected chi connectivity index (χ1v) is 9.74. The van der Waals surface area contributed by atoms with Gasteiger partial charge in [-0.1, -0.05) is 12.1 Å². The van der Waals surface area contributed by atoms with Gasteiger partial charge in [-0.05, 0) is 36.9 Å². The van der Waals surface area contributed by atoms with Crippen molar-refractivity contribution in [1.29, 1.82) is 0 Å². The van der Waals surface area contributed by atoms with Crippen LogP contribution in [-0.4, -0.2) is 44.6 Å². The summed E-state index contributed by atoms with van der Waals surface area (Å²) in [5.74, 6) is -0.302. The molecule has 3 rings (SSSR count). The van der Waals surface area contributed by atoms with E-state index in [1.54, 1.807) is 24.3 Å². The van der Waals surface area contributed by atoms with Gasteiger partial charge in [-0.25, -0.2) is 14.6 Å². The van der Waals surface area contributed by atoms with E-state index in [2.05, 4.69) is 15.8 Å². The molecule has 6 nitrogen and oxygen atoms in total. The van der Waals surface area contributed by atoms with E-state index in [1.807, 2.05) is 28.5 Å². The van der Waals surface area contributed by atoms with Crippen molar-refractivity contribution in [2.75, 3.05) is 37.7 Å². The molecule has 0 spiro atoms. The summed E-state index contributed by atoms with van der Waals surface area (Å²) in [7, 11) is 0. The largest absolute Gasteiger partial charge is 0.378 e. The molecular weight excluding hydrogens is 367 g/mol. The molecule has 0 unspecified atom stereocenters. The van der Waals surface area contributed by atoms with E-state index in [4.69, 9.17) is 4.74 Å². The molecule has 1 aromatic carbocycles. The molecule has 0 bridgehead atoms. The quantitative estimate of drug-likeness (QED) is 0.589. The maximum absolute atomic E-state index is 14.5. The Morgan fingerprint density at radius 3 is 2.85 bits per heavy atom. The summed E-state index contributed by atoms with van der Waals surface area (Å²) in [6, 6.07) is 8.63. The van der Waals surface area contributed by atoms with Gasteiger partial charge in [-0.15, -0.1) is 11.3 Å². The van der Waals surface area contributed by atoms with Crippen LogP contribution in [0.1, 0.15) is 17.4 Å². The summed E-state index contributed by atoms with van der Waals surface area (Å²) in [5, 5.41) is 8.80. The summed E-state index contributed by atoms with van der Waals surface area (Å²) < 4.78 is 19.8. The van der Waals surface area contributed by atoms with Crippen molar-refractivity contribution in [3.05, 3.63) is 52.0 Å². The standard InChI is InChI=1S/C19H23FN4O2S/c1-14(22-23-19(25)21-7-6-16-3-2-12-27-16)15-4-5-18(17(20)13-15)24-8-10-26-11-9-24/h2-5,12-13H,6-11H2,1H3,(H2,21,23,25). The zero-order valence-corrected chi connectivity index (χ0v) is 16.0. The Balaban J connectivity index is 1.52. The summed E-state index contributed by atoms with van der Waals surface area (Å²) >= 11 is 1.66. The van der Waals surface area contributed by atoms with Crippen molar-refractivity contribution >= 4 is 28.8 Å². The molecule has 0 atom stereocenters. The lowest BCUT2D eigenvalue weighted by atomic mass is 10.1. The smallest absolute Gasteiger partial charge is 0.335 e. The second-order valence-corrected chi connectivity index (χ2v) is 7.19. The molecule has 1 aromatic heterocycles. The molecule has 8 heteroatoms. The molecule has 2 aromatic rings. The number of amides is 2. The van der Waals surface area contributed by atoms with Gasteiger partial charge in [0.15, 0.2) is 0 Å². The first kappa shape index (κ1) is 19.3.